The monoisotopic (exact) mass is 710 g/mol. The van der Waals surface area contributed by atoms with Crippen molar-refractivity contribution in [3.05, 3.63) is 84.0 Å². The Balaban J connectivity index is 0.000000613. The van der Waals surface area contributed by atoms with Gasteiger partial charge in [0.25, 0.3) is 0 Å². The van der Waals surface area contributed by atoms with E-state index >= 15 is 0 Å². The lowest BCUT2D eigenvalue weighted by Gasteiger charge is -2.28. The second-order valence-electron chi connectivity index (χ2n) is 13.5. The van der Waals surface area contributed by atoms with Crippen molar-refractivity contribution in [2.45, 2.75) is 135 Å². The minimum atomic E-state index is -0.472. The summed E-state index contributed by atoms with van der Waals surface area (Å²) in [7, 11) is 2.85. The number of hydrogen-bond donors (Lipinski definition) is 2. The molecule has 0 aliphatic heterocycles. The molecule has 2 N–H and O–H groups in total. The average Bonchev–Trinajstić information content (AvgIpc) is 3.14. The summed E-state index contributed by atoms with van der Waals surface area (Å²) in [6, 6.07) is 12.5. The van der Waals surface area contributed by atoms with Crippen molar-refractivity contribution in [2.24, 2.45) is 0 Å². The average molecular weight is 711 g/mol. The highest BCUT2D eigenvalue weighted by Crippen LogP contribution is 2.37. The van der Waals surface area contributed by atoms with Gasteiger partial charge in [-0.15, -0.1) is 13.2 Å². The third kappa shape index (κ3) is 17.9. The first-order chi connectivity index (χ1) is 24.5. The van der Waals surface area contributed by atoms with Crippen LogP contribution in [0.4, 0.5) is 0 Å². The van der Waals surface area contributed by atoms with Crippen molar-refractivity contribution in [2.75, 3.05) is 27.4 Å². The summed E-state index contributed by atoms with van der Waals surface area (Å²) in [5, 5.41) is 19.7. The van der Waals surface area contributed by atoms with E-state index < -0.39 is 12.2 Å². The second-order valence-corrected chi connectivity index (χ2v) is 13.5. The molecule has 8 heteroatoms. The first-order valence-corrected chi connectivity index (χ1v) is 18.7. The molecule has 2 aromatic rings. The third-order valence-corrected chi connectivity index (χ3v) is 9.06. The highest BCUT2D eigenvalue weighted by Gasteiger charge is 2.25. The Bertz CT molecular complexity index is 1200. The normalized spacial score (nSPS) is 12.2. The second kappa shape index (κ2) is 26.2. The number of allylic oxidation sites excluding steroid dienone is 2. The lowest BCUT2D eigenvalue weighted by atomic mass is 9.76. The molecule has 0 aliphatic carbocycles. The van der Waals surface area contributed by atoms with Crippen LogP contribution in [-0.4, -0.2) is 61.8 Å². The Kier molecular flexibility index (Phi) is 23.3. The number of aliphatic hydroxyl groups excluding tert-OH is 2. The number of carbonyl (C=O) groups excluding carboxylic acids is 2. The number of rotatable bonds is 25. The van der Waals surface area contributed by atoms with Gasteiger partial charge in [-0.3, -0.25) is 9.59 Å². The van der Waals surface area contributed by atoms with Crippen LogP contribution in [0.2, 0.25) is 0 Å². The molecule has 0 saturated heterocycles. The van der Waals surface area contributed by atoms with Gasteiger partial charge in [-0.25, -0.2) is 0 Å². The fourth-order valence-electron chi connectivity index (χ4n) is 5.43. The van der Waals surface area contributed by atoms with Gasteiger partial charge in [0, 0.05) is 18.3 Å². The highest BCUT2D eigenvalue weighted by molar-refractivity contribution is 5.69. The Hall–Kier alpha value is -3.62. The third-order valence-electron chi connectivity index (χ3n) is 9.06. The predicted molar refractivity (Wildman–Crippen MR) is 207 cm³/mol. The van der Waals surface area contributed by atoms with Crippen LogP contribution < -0.4 is 9.47 Å². The van der Waals surface area contributed by atoms with Gasteiger partial charge in [0.05, 0.1) is 26.4 Å². The number of methoxy groups -OCH3 is 2. The van der Waals surface area contributed by atoms with E-state index in [1.54, 1.807) is 0 Å². The van der Waals surface area contributed by atoms with E-state index in [1.807, 2.05) is 38.1 Å². The molecule has 0 heterocycles. The van der Waals surface area contributed by atoms with E-state index in [0.717, 1.165) is 48.3 Å². The van der Waals surface area contributed by atoms with Crippen LogP contribution in [0.3, 0.4) is 0 Å². The minimum absolute atomic E-state index is 0.113. The highest BCUT2D eigenvalue weighted by atomic mass is 16.5. The molecule has 2 atom stereocenters. The number of ether oxygens (including phenoxy) is 4. The maximum atomic E-state index is 10.8. The summed E-state index contributed by atoms with van der Waals surface area (Å²) in [6.07, 6.45) is 15.4. The van der Waals surface area contributed by atoms with Crippen molar-refractivity contribution in [3.8, 4) is 11.5 Å². The summed E-state index contributed by atoms with van der Waals surface area (Å²) in [6.45, 7) is 16.6. The van der Waals surface area contributed by atoms with Gasteiger partial charge >= 0.3 is 11.9 Å². The van der Waals surface area contributed by atoms with Crippen LogP contribution in [0.15, 0.2) is 61.7 Å². The van der Waals surface area contributed by atoms with Gasteiger partial charge < -0.3 is 29.2 Å². The molecule has 0 radical (unpaired) electrons. The van der Waals surface area contributed by atoms with E-state index in [-0.39, 0.29) is 30.6 Å². The zero-order valence-corrected chi connectivity index (χ0v) is 32.3. The van der Waals surface area contributed by atoms with Crippen molar-refractivity contribution >= 4 is 11.9 Å². The largest absolute Gasteiger partial charge is 0.491 e. The van der Waals surface area contributed by atoms with Gasteiger partial charge in [0.2, 0.25) is 0 Å². The molecular formula is C43H66O8. The van der Waals surface area contributed by atoms with Gasteiger partial charge in [-0.05, 0) is 72.9 Å². The van der Waals surface area contributed by atoms with Crippen molar-refractivity contribution < 1.29 is 38.7 Å². The lowest BCUT2D eigenvalue weighted by Crippen LogP contribution is -2.21. The van der Waals surface area contributed by atoms with E-state index in [1.165, 1.54) is 51.0 Å². The summed E-state index contributed by atoms with van der Waals surface area (Å²) >= 11 is 0. The topological polar surface area (TPSA) is 112 Å². The summed E-state index contributed by atoms with van der Waals surface area (Å²) in [5.41, 5.74) is 4.19. The van der Waals surface area contributed by atoms with Crippen molar-refractivity contribution in [1.82, 2.24) is 0 Å². The lowest BCUT2D eigenvalue weighted by molar-refractivity contribution is -0.141. The quantitative estimate of drug-likeness (QED) is 0.0597. The maximum absolute atomic E-state index is 10.8. The molecule has 0 amide bonds. The Morgan fingerprint density at radius 1 is 0.667 bits per heavy atom. The van der Waals surface area contributed by atoms with Crippen LogP contribution in [0.5, 0.6) is 11.5 Å². The molecule has 0 saturated carbocycles. The van der Waals surface area contributed by atoms with E-state index in [0.29, 0.717) is 38.5 Å². The molecule has 286 valence electrons. The summed E-state index contributed by atoms with van der Waals surface area (Å²) in [5.74, 6) is 1.34. The van der Waals surface area contributed by atoms with E-state index in [9.17, 15) is 19.8 Å². The molecule has 2 rings (SSSR count). The predicted octanol–water partition coefficient (Wildman–Crippen LogP) is 9.00. The van der Waals surface area contributed by atoms with Gasteiger partial charge in [0.15, 0.2) is 0 Å². The minimum Gasteiger partial charge on any atom is -0.491 e. The van der Waals surface area contributed by atoms with Crippen LogP contribution in [-0.2, 0) is 37.3 Å². The molecule has 0 aromatic heterocycles. The molecule has 0 bridgehead atoms. The molecule has 2 aromatic carbocycles. The van der Waals surface area contributed by atoms with Crippen LogP contribution in [0.1, 0.15) is 127 Å². The Labute approximate surface area is 308 Å². The molecule has 0 aliphatic rings. The Morgan fingerprint density at radius 2 is 1.02 bits per heavy atom. The summed E-state index contributed by atoms with van der Waals surface area (Å²) < 4.78 is 20.9. The number of carbonyl (C=O) groups is 2. The first-order valence-electron chi connectivity index (χ1n) is 18.7. The molecule has 2 unspecified atom stereocenters. The molecule has 8 nitrogen and oxygen atoms in total. The fraction of sp³-hybridized carbons (Fsp3) is 0.581. The fourth-order valence-corrected chi connectivity index (χ4v) is 5.43. The number of unbranched alkanes of at least 4 members (excludes halogenated alkanes) is 7. The van der Waals surface area contributed by atoms with Gasteiger partial charge in [-0.1, -0.05) is 103 Å². The van der Waals surface area contributed by atoms with Crippen LogP contribution >= 0.6 is 0 Å². The summed E-state index contributed by atoms with van der Waals surface area (Å²) in [4.78, 5) is 21.7. The zero-order valence-electron chi connectivity index (χ0n) is 32.3. The van der Waals surface area contributed by atoms with Gasteiger partial charge in [0.1, 0.15) is 24.7 Å². The Morgan fingerprint density at radius 3 is 1.33 bits per heavy atom. The molecule has 0 fully saturated rings. The number of benzene rings is 2. The number of hydrogen-bond acceptors (Lipinski definition) is 8. The molecule has 51 heavy (non-hydrogen) atoms. The smallest absolute Gasteiger partial charge is 0.305 e. The van der Waals surface area contributed by atoms with Crippen molar-refractivity contribution in [3.63, 3.8) is 0 Å². The maximum Gasteiger partial charge on any atom is 0.305 e. The number of aliphatic hydroxyl groups is 2. The first kappa shape index (κ1) is 45.4. The SMILES string of the molecule is C=CCc1cc(C(C)(C)c2ccc(OCC(O)CC)c(CC=C)c2)ccc1OCC(O)CC.COC(=O)CCCCCCCCCCC(=O)OC. The van der Waals surface area contributed by atoms with Crippen LogP contribution in [0, 0.1) is 0 Å². The van der Waals surface area contributed by atoms with Gasteiger partial charge in [-0.2, -0.15) is 0 Å². The zero-order chi connectivity index (χ0) is 38.1. The van der Waals surface area contributed by atoms with Crippen molar-refractivity contribution in [1.29, 1.82) is 0 Å². The molecule has 0 spiro atoms. The molecular weight excluding hydrogens is 644 g/mol. The van der Waals surface area contributed by atoms with E-state index in [2.05, 4.69) is 60.7 Å². The van der Waals surface area contributed by atoms with Crippen LogP contribution in [0.25, 0.3) is 0 Å². The standard InChI is InChI=1S/C29H40O4.C14H26O4/c1-7-11-21-17-23(13-15-27(21)32-19-25(30)9-3)29(5,6)24-14-16-28(22(18-24)12-8-2)33-20-26(31)10-4;1-17-13(15)11-9-7-5-3-4-6-8-10-12-14(16)18-2/h7-8,13-18,25-26,30-31H,1-2,9-12,19-20H2,3-6H3;3-12H2,1-2H3. The number of esters is 2. The van der Waals surface area contributed by atoms with E-state index in [4.69, 9.17) is 9.47 Å².